The highest BCUT2D eigenvalue weighted by Crippen LogP contribution is 2.41. The molecule has 0 bridgehead atoms. The average Bonchev–Trinajstić information content (AvgIpc) is 2.90. The zero-order valence-electron chi connectivity index (χ0n) is 9.36. The summed E-state index contributed by atoms with van der Waals surface area (Å²) in [5.41, 5.74) is 2.58. The third-order valence-electron chi connectivity index (χ3n) is 2.82. The molecule has 0 saturated heterocycles. The standard InChI is InChI=1S/C15H13NS/c1-3-7-13(8-4-1)15-16(11-12-17-15)14-9-5-2-6-10-14/h1-12,15H. The van der Waals surface area contributed by atoms with Crippen molar-refractivity contribution in [2.24, 2.45) is 0 Å². The molecule has 0 spiro atoms. The van der Waals surface area contributed by atoms with Gasteiger partial charge in [0.1, 0.15) is 5.37 Å². The van der Waals surface area contributed by atoms with Crippen LogP contribution >= 0.6 is 11.8 Å². The van der Waals surface area contributed by atoms with E-state index in [0.717, 1.165) is 0 Å². The molecule has 2 aromatic carbocycles. The molecule has 0 radical (unpaired) electrons. The van der Waals surface area contributed by atoms with Crippen molar-refractivity contribution in [2.45, 2.75) is 5.37 Å². The van der Waals surface area contributed by atoms with Crippen LogP contribution in [0, 0.1) is 0 Å². The highest BCUT2D eigenvalue weighted by atomic mass is 32.2. The summed E-state index contributed by atoms with van der Waals surface area (Å²) >= 11 is 1.84. The largest absolute Gasteiger partial charge is 0.331 e. The van der Waals surface area contributed by atoms with Gasteiger partial charge in [0.2, 0.25) is 0 Å². The summed E-state index contributed by atoms with van der Waals surface area (Å²) in [4.78, 5) is 2.31. The van der Waals surface area contributed by atoms with Crippen molar-refractivity contribution >= 4 is 17.4 Å². The predicted molar refractivity (Wildman–Crippen MR) is 74.8 cm³/mol. The van der Waals surface area contributed by atoms with E-state index < -0.39 is 0 Å². The number of hydrogen-bond acceptors (Lipinski definition) is 2. The Hall–Kier alpha value is -1.67. The number of thioether (sulfide) groups is 1. The van der Waals surface area contributed by atoms with Crippen molar-refractivity contribution in [3.63, 3.8) is 0 Å². The van der Waals surface area contributed by atoms with Gasteiger partial charge in [-0.1, -0.05) is 48.5 Å². The Morgan fingerprint density at radius 3 is 2.18 bits per heavy atom. The van der Waals surface area contributed by atoms with Crippen LogP contribution in [0.5, 0.6) is 0 Å². The predicted octanol–water partition coefficient (Wildman–Crippen LogP) is 4.41. The third kappa shape index (κ3) is 2.08. The lowest BCUT2D eigenvalue weighted by atomic mass is 10.2. The first-order valence-corrected chi connectivity index (χ1v) is 6.60. The molecule has 17 heavy (non-hydrogen) atoms. The molecule has 1 nitrogen and oxygen atoms in total. The van der Waals surface area contributed by atoms with Crippen LogP contribution in [0.3, 0.4) is 0 Å². The maximum Gasteiger partial charge on any atom is 0.109 e. The molecule has 1 aliphatic rings. The number of anilines is 1. The molecule has 3 rings (SSSR count). The number of benzene rings is 2. The lowest BCUT2D eigenvalue weighted by Gasteiger charge is -2.25. The molecule has 1 aliphatic heterocycles. The zero-order valence-corrected chi connectivity index (χ0v) is 10.2. The fourth-order valence-corrected chi connectivity index (χ4v) is 2.98. The van der Waals surface area contributed by atoms with Crippen LogP contribution in [0.1, 0.15) is 10.9 Å². The van der Waals surface area contributed by atoms with E-state index >= 15 is 0 Å². The Labute approximate surface area is 106 Å². The fourth-order valence-electron chi connectivity index (χ4n) is 2.00. The number of para-hydroxylation sites is 1. The Morgan fingerprint density at radius 1 is 0.824 bits per heavy atom. The maximum atomic E-state index is 2.31. The minimum absolute atomic E-state index is 0.360. The number of nitrogens with zero attached hydrogens (tertiary/aromatic N) is 1. The quantitative estimate of drug-likeness (QED) is 0.763. The molecule has 2 heteroatoms. The molecule has 84 valence electrons. The summed E-state index contributed by atoms with van der Waals surface area (Å²) in [5.74, 6) is 0. The van der Waals surface area contributed by atoms with E-state index in [0.29, 0.717) is 5.37 Å². The second kappa shape index (κ2) is 4.68. The van der Waals surface area contributed by atoms with Crippen molar-refractivity contribution in [3.8, 4) is 0 Å². The summed E-state index contributed by atoms with van der Waals surface area (Å²) in [6.07, 6.45) is 2.15. The molecule has 2 aromatic rings. The van der Waals surface area contributed by atoms with Gasteiger partial charge >= 0.3 is 0 Å². The molecule has 0 aliphatic carbocycles. The molecule has 1 heterocycles. The van der Waals surface area contributed by atoms with E-state index in [1.165, 1.54) is 11.3 Å². The molecular weight excluding hydrogens is 226 g/mol. The van der Waals surface area contributed by atoms with Gasteiger partial charge in [0.15, 0.2) is 0 Å². The second-order valence-corrected chi connectivity index (χ2v) is 4.92. The van der Waals surface area contributed by atoms with E-state index in [-0.39, 0.29) is 0 Å². The van der Waals surface area contributed by atoms with Gasteiger partial charge in [-0.05, 0) is 23.1 Å². The van der Waals surface area contributed by atoms with Crippen LogP contribution in [0.25, 0.3) is 0 Å². The number of hydrogen-bond donors (Lipinski definition) is 0. The van der Waals surface area contributed by atoms with Crippen LogP contribution in [0.4, 0.5) is 5.69 Å². The molecule has 0 fully saturated rings. The SMILES string of the molecule is C1=CN(c2ccccc2)C(c2ccccc2)S1. The van der Waals surface area contributed by atoms with Gasteiger partial charge in [-0.15, -0.1) is 11.8 Å². The van der Waals surface area contributed by atoms with Crippen LogP contribution < -0.4 is 4.90 Å². The zero-order chi connectivity index (χ0) is 11.5. The van der Waals surface area contributed by atoms with Gasteiger partial charge in [-0.2, -0.15) is 0 Å². The van der Waals surface area contributed by atoms with E-state index in [2.05, 4.69) is 71.1 Å². The van der Waals surface area contributed by atoms with Crippen LogP contribution in [0.2, 0.25) is 0 Å². The summed E-state index contributed by atoms with van der Waals surface area (Å²) in [5, 5.41) is 2.52. The summed E-state index contributed by atoms with van der Waals surface area (Å²) < 4.78 is 0. The monoisotopic (exact) mass is 239 g/mol. The topological polar surface area (TPSA) is 3.24 Å². The Bertz CT molecular complexity index is 507. The summed E-state index contributed by atoms with van der Waals surface area (Å²) in [6.45, 7) is 0. The van der Waals surface area contributed by atoms with Crippen LogP contribution in [-0.4, -0.2) is 0 Å². The first-order chi connectivity index (χ1) is 8.45. The van der Waals surface area contributed by atoms with Crippen molar-refractivity contribution in [1.82, 2.24) is 0 Å². The highest BCUT2D eigenvalue weighted by molar-refractivity contribution is 8.02. The lowest BCUT2D eigenvalue weighted by Crippen LogP contribution is -2.16. The van der Waals surface area contributed by atoms with Gasteiger partial charge in [0, 0.05) is 11.9 Å². The lowest BCUT2D eigenvalue weighted by molar-refractivity contribution is 0.958. The molecule has 0 saturated carbocycles. The van der Waals surface area contributed by atoms with Gasteiger partial charge in [0.25, 0.3) is 0 Å². The van der Waals surface area contributed by atoms with Crippen molar-refractivity contribution in [1.29, 1.82) is 0 Å². The van der Waals surface area contributed by atoms with Gasteiger partial charge in [-0.3, -0.25) is 0 Å². The van der Waals surface area contributed by atoms with Crippen LogP contribution in [0.15, 0.2) is 72.3 Å². The van der Waals surface area contributed by atoms with E-state index in [1.54, 1.807) is 0 Å². The summed E-state index contributed by atoms with van der Waals surface area (Å²) in [6, 6.07) is 21.1. The second-order valence-electron chi connectivity index (χ2n) is 3.93. The molecule has 0 aromatic heterocycles. The molecule has 1 unspecified atom stereocenters. The minimum Gasteiger partial charge on any atom is -0.331 e. The van der Waals surface area contributed by atoms with Gasteiger partial charge < -0.3 is 4.90 Å². The number of rotatable bonds is 2. The first kappa shape index (κ1) is 10.5. The Kier molecular flexibility index (Phi) is 2.88. The highest BCUT2D eigenvalue weighted by Gasteiger charge is 2.22. The minimum atomic E-state index is 0.360. The van der Waals surface area contributed by atoms with E-state index in [4.69, 9.17) is 0 Å². The summed E-state index contributed by atoms with van der Waals surface area (Å²) in [7, 11) is 0. The molecular formula is C15H13NS. The Morgan fingerprint density at radius 2 is 1.47 bits per heavy atom. The molecule has 0 N–H and O–H groups in total. The Balaban J connectivity index is 1.93. The van der Waals surface area contributed by atoms with Gasteiger partial charge in [-0.25, -0.2) is 0 Å². The average molecular weight is 239 g/mol. The first-order valence-electron chi connectivity index (χ1n) is 5.65. The maximum absolute atomic E-state index is 2.31. The normalized spacial score (nSPS) is 18.6. The van der Waals surface area contributed by atoms with Crippen molar-refractivity contribution < 1.29 is 0 Å². The van der Waals surface area contributed by atoms with Crippen molar-refractivity contribution in [3.05, 3.63) is 77.8 Å². The van der Waals surface area contributed by atoms with Crippen molar-refractivity contribution in [2.75, 3.05) is 4.90 Å². The molecule has 1 atom stereocenters. The fraction of sp³-hybridized carbons (Fsp3) is 0.0667. The van der Waals surface area contributed by atoms with Crippen LogP contribution in [-0.2, 0) is 0 Å². The molecule has 0 amide bonds. The van der Waals surface area contributed by atoms with E-state index in [1.807, 2.05) is 17.8 Å². The smallest absolute Gasteiger partial charge is 0.109 e. The third-order valence-corrected chi connectivity index (χ3v) is 3.86. The van der Waals surface area contributed by atoms with E-state index in [9.17, 15) is 0 Å². The van der Waals surface area contributed by atoms with Gasteiger partial charge in [0.05, 0.1) is 0 Å².